The highest BCUT2D eigenvalue weighted by molar-refractivity contribution is 5.01. The Morgan fingerprint density at radius 3 is 2.58 bits per heavy atom. The molecule has 1 fully saturated rings. The van der Waals surface area contributed by atoms with Crippen molar-refractivity contribution < 1.29 is 0 Å². The molecule has 106 valence electrons. The van der Waals surface area contributed by atoms with E-state index in [1.165, 1.54) is 50.8 Å². The van der Waals surface area contributed by atoms with E-state index in [0.29, 0.717) is 0 Å². The number of nitrogens with two attached hydrogens (primary N) is 1. The molecule has 2 N–H and O–H groups in total. The molecule has 0 aromatic carbocycles. The van der Waals surface area contributed by atoms with Gasteiger partial charge in [-0.2, -0.15) is 0 Å². The van der Waals surface area contributed by atoms with E-state index in [4.69, 9.17) is 5.73 Å². The van der Waals surface area contributed by atoms with Gasteiger partial charge in [0.15, 0.2) is 0 Å². The lowest BCUT2D eigenvalue weighted by Crippen LogP contribution is -2.56. The molecule has 1 aromatic heterocycles. The van der Waals surface area contributed by atoms with E-state index < -0.39 is 0 Å². The fraction of sp³-hybridized carbons (Fsp3) is 0.800. The molecule has 0 bridgehead atoms. The molecular weight excluding hydrogens is 236 g/mol. The zero-order valence-corrected chi connectivity index (χ0v) is 11.9. The van der Waals surface area contributed by atoms with E-state index >= 15 is 0 Å². The maximum absolute atomic E-state index is 6.22. The third-order valence-corrected chi connectivity index (χ3v) is 5.08. The van der Waals surface area contributed by atoms with Crippen LogP contribution in [-0.4, -0.2) is 33.1 Å². The number of fused-ring (bicyclic) bond motifs is 1. The van der Waals surface area contributed by atoms with Crippen LogP contribution in [-0.2, 0) is 13.1 Å². The molecule has 1 aromatic rings. The third kappa shape index (κ3) is 2.56. The molecule has 2 aliphatic rings. The summed E-state index contributed by atoms with van der Waals surface area (Å²) in [6, 6.07) is 0. The molecule has 1 aliphatic carbocycles. The average molecular weight is 262 g/mol. The molecule has 1 saturated carbocycles. The fourth-order valence-electron chi connectivity index (χ4n) is 3.79. The smallest absolute Gasteiger partial charge is 0.122 e. The summed E-state index contributed by atoms with van der Waals surface area (Å²) in [6.45, 7) is 3.97. The van der Waals surface area contributed by atoms with Crippen molar-refractivity contribution in [1.29, 1.82) is 0 Å². The Balaban J connectivity index is 1.77. The fourth-order valence-corrected chi connectivity index (χ4v) is 3.79. The molecule has 19 heavy (non-hydrogen) atoms. The van der Waals surface area contributed by atoms with E-state index in [2.05, 4.69) is 20.6 Å². The van der Waals surface area contributed by atoms with Crippen molar-refractivity contribution in [3.05, 3.63) is 18.2 Å². The molecule has 0 spiro atoms. The highest BCUT2D eigenvalue weighted by Crippen LogP contribution is 2.33. The van der Waals surface area contributed by atoms with Crippen LogP contribution < -0.4 is 5.73 Å². The number of aromatic nitrogens is 2. The standard InChI is InChI=1S/C15H26N4/c16-13-15(6-4-2-1-3-5-7-15)19-11-10-18-9-8-17-14(18)12-19/h8-9H,1-7,10-13,16H2. The predicted molar refractivity (Wildman–Crippen MR) is 76.7 cm³/mol. The number of hydrogen-bond donors (Lipinski definition) is 1. The van der Waals surface area contributed by atoms with Gasteiger partial charge in [-0.3, -0.25) is 4.90 Å². The van der Waals surface area contributed by atoms with Crippen molar-refractivity contribution in [3.63, 3.8) is 0 Å². The summed E-state index contributed by atoms with van der Waals surface area (Å²) in [5.41, 5.74) is 6.45. The van der Waals surface area contributed by atoms with Gasteiger partial charge in [0.1, 0.15) is 5.82 Å². The van der Waals surface area contributed by atoms with Crippen molar-refractivity contribution in [2.24, 2.45) is 5.73 Å². The monoisotopic (exact) mass is 262 g/mol. The largest absolute Gasteiger partial charge is 0.333 e. The number of nitrogens with zero attached hydrogens (tertiary/aromatic N) is 3. The lowest BCUT2D eigenvalue weighted by atomic mass is 9.82. The average Bonchev–Trinajstić information content (AvgIpc) is 2.86. The molecular formula is C15H26N4. The Labute approximate surface area is 116 Å². The summed E-state index contributed by atoms with van der Waals surface area (Å²) in [4.78, 5) is 7.12. The summed E-state index contributed by atoms with van der Waals surface area (Å²) >= 11 is 0. The second kappa shape index (κ2) is 5.63. The number of hydrogen-bond acceptors (Lipinski definition) is 3. The van der Waals surface area contributed by atoms with Gasteiger partial charge in [0.2, 0.25) is 0 Å². The Hall–Kier alpha value is -0.870. The molecule has 0 saturated heterocycles. The van der Waals surface area contributed by atoms with Crippen LogP contribution in [0.1, 0.15) is 50.8 Å². The molecule has 1 aliphatic heterocycles. The first-order valence-electron chi connectivity index (χ1n) is 7.79. The van der Waals surface area contributed by atoms with Crippen LogP contribution in [0, 0.1) is 0 Å². The second-order valence-electron chi connectivity index (χ2n) is 6.15. The molecule has 2 heterocycles. The van der Waals surface area contributed by atoms with Gasteiger partial charge < -0.3 is 10.3 Å². The minimum absolute atomic E-state index is 0.234. The molecule has 0 radical (unpaired) electrons. The quantitative estimate of drug-likeness (QED) is 0.888. The minimum Gasteiger partial charge on any atom is -0.333 e. The van der Waals surface area contributed by atoms with Crippen LogP contribution >= 0.6 is 0 Å². The number of imidazole rings is 1. The molecule has 3 rings (SSSR count). The first kappa shape index (κ1) is 13.1. The lowest BCUT2D eigenvalue weighted by Gasteiger charge is -2.46. The van der Waals surface area contributed by atoms with E-state index in [1.54, 1.807) is 0 Å². The van der Waals surface area contributed by atoms with Gasteiger partial charge in [-0.1, -0.05) is 32.1 Å². The Morgan fingerprint density at radius 1 is 1.11 bits per heavy atom. The van der Waals surface area contributed by atoms with E-state index in [0.717, 1.165) is 26.2 Å². The topological polar surface area (TPSA) is 47.1 Å². The summed E-state index contributed by atoms with van der Waals surface area (Å²) in [5.74, 6) is 1.21. The van der Waals surface area contributed by atoms with Crippen LogP contribution in [0.2, 0.25) is 0 Å². The van der Waals surface area contributed by atoms with E-state index in [9.17, 15) is 0 Å². The maximum Gasteiger partial charge on any atom is 0.122 e. The van der Waals surface area contributed by atoms with Gasteiger partial charge in [-0.15, -0.1) is 0 Å². The zero-order valence-electron chi connectivity index (χ0n) is 11.9. The van der Waals surface area contributed by atoms with Crippen LogP contribution in [0.4, 0.5) is 0 Å². The summed E-state index contributed by atoms with van der Waals surface area (Å²) < 4.78 is 2.28. The SMILES string of the molecule is NCC1(N2CCn3ccnc3C2)CCCCCCC1. The molecule has 4 nitrogen and oxygen atoms in total. The van der Waals surface area contributed by atoms with Gasteiger partial charge in [-0.25, -0.2) is 4.98 Å². The lowest BCUT2D eigenvalue weighted by molar-refractivity contribution is 0.0405. The predicted octanol–water partition coefficient (Wildman–Crippen LogP) is 2.14. The normalized spacial score (nSPS) is 24.5. The van der Waals surface area contributed by atoms with Crippen molar-refractivity contribution in [1.82, 2.24) is 14.5 Å². The first-order chi connectivity index (χ1) is 9.34. The van der Waals surface area contributed by atoms with E-state index in [-0.39, 0.29) is 5.54 Å². The zero-order chi connectivity index (χ0) is 13.1. The minimum atomic E-state index is 0.234. The van der Waals surface area contributed by atoms with Crippen LogP contribution in [0.3, 0.4) is 0 Å². The Bertz CT molecular complexity index is 404. The second-order valence-corrected chi connectivity index (χ2v) is 6.15. The highest BCUT2D eigenvalue weighted by atomic mass is 15.3. The van der Waals surface area contributed by atoms with Gasteiger partial charge in [0.25, 0.3) is 0 Å². The molecule has 4 heteroatoms. The van der Waals surface area contributed by atoms with Crippen molar-refractivity contribution in [2.75, 3.05) is 13.1 Å². The number of rotatable bonds is 2. The van der Waals surface area contributed by atoms with Gasteiger partial charge in [0, 0.05) is 37.6 Å². The van der Waals surface area contributed by atoms with Gasteiger partial charge >= 0.3 is 0 Å². The van der Waals surface area contributed by atoms with Crippen molar-refractivity contribution >= 4 is 0 Å². The van der Waals surface area contributed by atoms with Gasteiger partial charge in [0.05, 0.1) is 6.54 Å². The summed E-state index contributed by atoms with van der Waals surface area (Å²) in [5, 5.41) is 0. The molecule has 0 atom stereocenters. The Morgan fingerprint density at radius 2 is 1.84 bits per heavy atom. The van der Waals surface area contributed by atoms with Crippen LogP contribution in [0.5, 0.6) is 0 Å². The van der Waals surface area contributed by atoms with Crippen molar-refractivity contribution in [3.8, 4) is 0 Å². The van der Waals surface area contributed by atoms with Gasteiger partial charge in [-0.05, 0) is 12.8 Å². The first-order valence-corrected chi connectivity index (χ1v) is 7.79. The van der Waals surface area contributed by atoms with E-state index in [1.807, 2.05) is 6.20 Å². The summed E-state index contributed by atoms with van der Waals surface area (Å²) in [6.07, 6.45) is 13.4. The van der Waals surface area contributed by atoms with Crippen LogP contribution in [0.25, 0.3) is 0 Å². The Kier molecular flexibility index (Phi) is 3.89. The molecule has 0 amide bonds. The van der Waals surface area contributed by atoms with Crippen LogP contribution in [0.15, 0.2) is 12.4 Å². The molecule has 0 unspecified atom stereocenters. The maximum atomic E-state index is 6.22. The van der Waals surface area contributed by atoms with Crippen molar-refractivity contribution in [2.45, 2.75) is 63.6 Å². The third-order valence-electron chi connectivity index (χ3n) is 5.08. The summed E-state index contributed by atoms with van der Waals surface area (Å²) in [7, 11) is 0. The highest BCUT2D eigenvalue weighted by Gasteiger charge is 2.37.